The third-order valence-corrected chi connectivity index (χ3v) is 8.59. The van der Waals surface area contributed by atoms with E-state index in [0.29, 0.717) is 61.9 Å². The van der Waals surface area contributed by atoms with Crippen molar-refractivity contribution in [3.05, 3.63) is 59.7 Å². The standard InChI is InChI=1S/C45H64O12/c1-5-7-13-27-52-38-23-19-36(33-40(38)50-3)21-25-42(46)54-29-15-9-11-17-31-56-44(48)35-45(49)57-32-18-12-10-16-30-55-43(47)26-22-37-20-24-39(41(34-37)51-4)53-28-14-8-6-2/h19-26,33-34H,5-18,27-32,35H2,1-4H3. The first-order valence-corrected chi connectivity index (χ1v) is 20.4. The van der Waals surface area contributed by atoms with Crippen LogP contribution in [0.5, 0.6) is 23.0 Å². The fraction of sp³-hybridized carbons (Fsp3) is 0.556. The lowest BCUT2D eigenvalue weighted by Crippen LogP contribution is -2.15. The summed E-state index contributed by atoms with van der Waals surface area (Å²) in [4.78, 5) is 48.2. The molecule has 0 aliphatic carbocycles. The Bertz CT molecular complexity index is 1400. The molecule has 2 rings (SSSR count). The summed E-state index contributed by atoms with van der Waals surface area (Å²) in [7, 11) is 3.17. The number of benzene rings is 2. The summed E-state index contributed by atoms with van der Waals surface area (Å²) < 4.78 is 43.3. The fourth-order valence-corrected chi connectivity index (χ4v) is 5.36. The van der Waals surface area contributed by atoms with Gasteiger partial charge >= 0.3 is 23.9 Å². The van der Waals surface area contributed by atoms with Crippen molar-refractivity contribution < 1.29 is 57.1 Å². The van der Waals surface area contributed by atoms with E-state index in [1.165, 1.54) is 12.2 Å². The molecule has 0 fully saturated rings. The Balaban J connectivity index is 1.44. The van der Waals surface area contributed by atoms with Gasteiger partial charge in [0.2, 0.25) is 0 Å². The zero-order chi connectivity index (χ0) is 41.4. The summed E-state index contributed by atoms with van der Waals surface area (Å²) in [5.41, 5.74) is 1.59. The second-order valence-electron chi connectivity index (χ2n) is 13.4. The van der Waals surface area contributed by atoms with Crippen LogP contribution in [0, 0.1) is 0 Å². The van der Waals surface area contributed by atoms with E-state index in [4.69, 9.17) is 37.9 Å². The summed E-state index contributed by atoms with van der Waals surface area (Å²) in [5, 5.41) is 0. The van der Waals surface area contributed by atoms with Gasteiger partial charge in [0.1, 0.15) is 6.42 Å². The van der Waals surface area contributed by atoms with Gasteiger partial charge in [0.25, 0.3) is 0 Å². The molecule has 0 bridgehead atoms. The Kier molecular flexibility index (Phi) is 26.3. The Morgan fingerprint density at radius 2 is 0.825 bits per heavy atom. The minimum absolute atomic E-state index is 0.206. The van der Waals surface area contributed by atoms with E-state index in [0.717, 1.165) is 75.3 Å². The Hall–Kier alpha value is -5.00. The van der Waals surface area contributed by atoms with Crippen LogP contribution in [0.2, 0.25) is 0 Å². The first-order valence-electron chi connectivity index (χ1n) is 20.4. The molecule has 316 valence electrons. The fourth-order valence-electron chi connectivity index (χ4n) is 5.36. The molecule has 0 aliphatic heterocycles. The molecule has 0 atom stereocenters. The summed E-state index contributed by atoms with van der Waals surface area (Å²) in [5.74, 6) is 0.474. The van der Waals surface area contributed by atoms with Crippen LogP contribution in [0.3, 0.4) is 0 Å². The molecule has 12 nitrogen and oxygen atoms in total. The molecule has 12 heteroatoms. The highest BCUT2D eigenvalue weighted by atomic mass is 16.6. The maximum atomic E-state index is 12.1. The number of carbonyl (C=O) groups excluding carboxylic acids is 4. The van der Waals surface area contributed by atoms with Crippen LogP contribution in [0.1, 0.15) is 121 Å². The van der Waals surface area contributed by atoms with Crippen molar-refractivity contribution in [2.24, 2.45) is 0 Å². The molecule has 0 N–H and O–H groups in total. The first-order chi connectivity index (χ1) is 27.8. The SMILES string of the molecule is CCCCCOc1ccc(C=CC(=O)OCCCCCCOC(=O)CC(=O)OCCCCCCOC(=O)C=Cc2ccc(OCCCCC)c(OC)c2)cc1OC. The van der Waals surface area contributed by atoms with Crippen molar-refractivity contribution in [2.45, 2.75) is 110 Å². The Labute approximate surface area is 339 Å². The topological polar surface area (TPSA) is 142 Å². The first kappa shape index (κ1) is 48.1. The molecule has 0 amide bonds. The van der Waals surface area contributed by atoms with Crippen LogP contribution >= 0.6 is 0 Å². The monoisotopic (exact) mass is 796 g/mol. The number of ether oxygens (including phenoxy) is 8. The van der Waals surface area contributed by atoms with Gasteiger partial charge in [0, 0.05) is 12.2 Å². The molecule has 2 aromatic carbocycles. The number of methoxy groups -OCH3 is 2. The molecule has 0 aromatic heterocycles. The van der Waals surface area contributed by atoms with Gasteiger partial charge in [0.05, 0.1) is 53.9 Å². The van der Waals surface area contributed by atoms with E-state index in [-0.39, 0.29) is 26.4 Å². The molecule has 0 spiro atoms. The maximum Gasteiger partial charge on any atom is 0.330 e. The lowest BCUT2D eigenvalue weighted by atomic mass is 10.2. The zero-order valence-corrected chi connectivity index (χ0v) is 34.5. The molecule has 57 heavy (non-hydrogen) atoms. The highest BCUT2D eigenvalue weighted by molar-refractivity contribution is 5.91. The van der Waals surface area contributed by atoms with Gasteiger partial charge in [-0.2, -0.15) is 0 Å². The Morgan fingerprint density at radius 3 is 1.19 bits per heavy atom. The number of hydrogen-bond donors (Lipinski definition) is 0. The minimum Gasteiger partial charge on any atom is -0.493 e. The van der Waals surface area contributed by atoms with Gasteiger partial charge in [-0.25, -0.2) is 9.59 Å². The number of rotatable bonds is 32. The minimum atomic E-state index is -0.619. The van der Waals surface area contributed by atoms with Crippen molar-refractivity contribution in [3.8, 4) is 23.0 Å². The third kappa shape index (κ3) is 23.0. The van der Waals surface area contributed by atoms with Gasteiger partial charge in [0.15, 0.2) is 23.0 Å². The van der Waals surface area contributed by atoms with Crippen LogP contribution in [0.4, 0.5) is 0 Å². The van der Waals surface area contributed by atoms with Gasteiger partial charge in [-0.15, -0.1) is 0 Å². The highest BCUT2D eigenvalue weighted by Crippen LogP contribution is 2.30. The Morgan fingerprint density at radius 1 is 0.456 bits per heavy atom. The maximum absolute atomic E-state index is 12.1. The average molecular weight is 797 g/mol. The molecule has 0 radical (unpaired) electrons. The van der Waals surface area contributed by atoms with Crippen LogP contribution in [0.15, 0.2) is 48.6 Å². The molecule has 0 unspecified atom stereocenters. The smallest absolute Gasteiger partial charge is 0.330 e. The van der Waals surface area contributed by atoms with Gasteiger partial charge in [-0.05, 0) is 112 Å². The molecule has 0 saturated heterocycles. The zero-order valence-electron chi connectivity index (χ0n) is 34.5. The largest absolute Gasteiger partial charge is 0.493 e. The predicted octanol–water partition coefficient (Wildman–Crippen LogP) is 9.25. The predicted molar refractivity (Wildman–Crippen MR) is 219 cm³/mol. The van der Waals surface area contributed by atoms with E-state index < -0.39 is 30.3 Å². The van der Waals surface area contributed by atoms with Crippen molar-refractivity contribution in [2.75, 3.05) is 53.9 Å². The molecular weight excluding hydrogens is 732 g/mol. The summed E-state index contributed by atoms with van der Waals surface area (Å²) in [6, 6.07) is 11.0. The van der Waals surface area contributed by atoms with Crippen LogP contribution < -0.4 is 18.9 Å². The summed E-state index contributed by atoms with van der Waals surface area (Å²) >= 11 is 0. The normalized spacial score (nSPS) is 11.0. The van der Waals surface area contributed by atoms with E-state index in [2.05, 4.69) is 13.8 Å². The molecule has 0 saturated carbocycles. The van der Waals surface area contributed by atoms with Crippen LogP contribution in [0.25, 0.3) is 12.2 Å². The average Bonchev–Trinajstić information content (AvgIpc) is 3.21. The second kappa shape index (κ2) is 31.1. The number of hydrogen-bond acceptors (Lipinski definition) is 12. The van der Waals surface area contributed by atoms with Crippen molar-refractivity contribution in [1.29, 1.82) is 0 Å². The third-order valence-electron chi connectivity index (χ3n) is 8.59. The highest BCUT2D eigenvalue weighted by Gasteiger charge is 2.12. The van der Waals surface area contributed by atoms with Crippen molar-refractivity contribution in [3.63, 3.8) is 0 Å². The molecule has 0 aliphatic rings. The lowest BCUT2D eigenvalue weighted by Gasteiger charge is -2.11. The van der Waals surface area contributed by atoms with Gasteiger partial charge < -0.3 is 37.9 Å². The van der Waals surface area contributed by atoms with Gasteiger partial charge in [-0.1, -0.05) is 51.7 Å². The van der Waals surface area contributed by atoms with E-state index in [9.17, 15) is 19.2 Å². The number of unbranched alkanes of at least 4 members (excludes halogenated alkanes) is 10. The lowest BCUT2D eigenvalue weighted by molar-refractivity contribution is -0.154. The van der Waals surface area contributed by atoms with Gasteiger partial charge in [-0.3, -0.25) is 9.59 Å². The molecule has 0 heterocycles. The summed E-state index contributed by atoms with van der Waals surface area (Å²) in [6.45, 7) is 6.54. The number of carbonyl (C=O) groups is 4. The van der Waals surface area contributed by atoms with Crippen LogP contribution in [-0.4, -0.2) is 77.7 Å². The van der Waals surface area contributed by atoms with Crippen molar-refractivity contribution >= 4 is 36.0 Å². The van der Waals surface area contributed by atoms with Crippen molar-refractivity contribution in [1.82, 2.24) is 0 Å². The molecule has 2 aromatic rings. The van der Waals surface area contributed by atoms with E-state index >= 15 is 0 Å². The van der Waals surface area contributed by atoms with E-state index in [1.54, 1.807) is 26.4 Å². The second-order valence-corrected chi connectivity index (χ2v) is 13.4. The van der Waals surface area contributed by atoms with Crippen LogP contribution in [-0.2, 0) is 38.1 Å². The number of esters is 4. The summed E-state index contributed by atoms with van der Waals surface area (Å²) in [6.07, 6.45) is 17.9. The van der Waals surface area contributed by atoms with E-state index in [1.807, 2.05) is 36.4 Å². The molecular formula is C45H64O12. The quantitative estimate of drug-likeness (QED) is 0.0229.